The second-order valence-corrected chi connectivity index (χ2v) is 8.67. The Kier molecular flexibility index (Phi) is 12.2. The third-order valence-electron chi connectivity index (χ3n) is 5.10. The molecule has 0 bridgehead atoms. The van der Waals surface area contributed by atoms with Crippen LogP contribution in [0.5, 0.6) is 0 Å². The molecule has 1 amide bonds. The van der Waals surface area contributed by atoms with Gasteiger partial charge in [0.25, 0.3) is 0 Å². The minimum absolute atomic E-state index is 0. The molecule has 29 heavy (non-hydrogen) atoms. The predicted octanol–water partition coefficient (Wildman–Crippen LogP) is 3.25. The van der Waals surface area contributed by atoms with Crippen LogP contribution in [0.15, 0.2) is 0 Å². The average molecular weight is 437 g/mol. The van der Waals surface area contributed by atoms with E-state index in [1.807, 2.05) is 20.8 Å². The second kappa shape index (κ2) is 12.9. The molecule has 2 rings (SSSR count). The molecule has 0 aromatic rings. The number of carbonyl (C=O) groups excluding carboxylic acids is 2. The van der Waals surface area contributed by atoms with Gasteiger partial charge in [0.1, 0.15) is 5.60 Å². The van der Waals surface area contributed by atoms with E-state index in [-0.39, 0.29) is 36.3 Å². The van der Waals surface area contributed by atoms with Gasteiger partial charge in [0, 0.05) is 12.1 Å². The highest BCUT2D eigenvalue weighted by Crippen LogP contribution is 2.25. The molecule has 0 heterocycles. The zero-order valence-electron chi connectivity index (χ0n) is 17.9. The number of nitrogens with one attached hydrogen (secondary N) is 1. The first-order chi connectivity index (χ1) is 13.0. The van der Waals surface area contributed by atoms with Gasteiger partial charge in [-0.15, -0.1) is 12.4 Å². The molecule has 4 N–H and O–H groups in total. The SMILES string of the molecule is CC(C)(C)OC(=O)NC1CCC(C(=O)O)CC1.COC(=O)C1CCC(N)CC1.Cl. The van der Waals surface area contributed by atoms with Gasteiger partial charge in [-0.1, -0.05) is 0 Å². The van der Waals surface area contributed by atoms with Crippen molar-refractivity contribution in [3.8, 4) is 0 Å². The third kappa shape index (κ3) is 11.3. The van der Waals surface area contributed by atoms with Gasteiger partial charge in [0.2, 0.25) is 0 Å². The lowest BCUT2D eigenvalue weighted by atomic mass is 9.86. The Hall–Kier alpha value is -1.54. The molecule has 0 spiro atoms. The van der Waals surface area contributed by atoms with Crippen molar-refractivity contribution >= 4 is 30.4 Å². The highest BCUT2D eigenvalue weighted by molar-refractivity contribution is 5.85. The molecule has 0 aliphatic heterocycles. The van der Waals surface area contributed by atoms with E-state index in [0.29, 0.717) is 31.7 Å². The molecule has 2 aliphatic rings. The van der Waals surface area contributed by atoms with Crippen LogP contribution in [0.3, 0.4) is 0 Å². The van der Waals surface area contributed by atoms with E-state index in [0.717, 1.165) is 25.7 Å². The summed E-state index contributed by atoms with van der Waals surface area (Å²) >= 11 is 0. The fraction of sp³-hybridized carbons (Fsp3) is 0.850. The number of carbonyl (C=O) groups is 3. The number of hydrogen-bond acceptors (Lipinski definition) is 6. The molecule has 2 aliphatic carbocycles. The zero-order chi connectivity index (χ0) is 21.3. The molecule has 8 nitrogen and oxygen atoms in total. The summed E-state index contributed by atoms with van der Waals surface area (Å²) in [6, 6.07) is 0.344. The number of rotatable bonds is 3. The van der Waals surface area contributed by atoms with Crippen molar-refractivity contribution in [1.29, 1.82) is 0 Å². The minimum Gasteiger partial charge on any atom is -0.481 e. The van der Waals surface area contributed by atoms with Gasteiger partial charge >= 0.3 is 18.0 Å². The van der Waals surface area contributed by atoms with E-state index in [9.17, 15) is 14.4 Å². The first kappa shape index (κ1) is 27.5. The molecule has 0 saturated heterocycles. The van der Waals surface area contributed by atoms with Crippen molar-refractivity contribution in [2.45, 2.75) is 89.8 Å². The first-order valence-corrected chi connectivity index (χ1v) is 10.1. The number of amides is 1. The number of aliphatic carboxylic acids is 1. The van der Waals surface area contributed by atoms with Gasteiger partial charge in [-0.25, -0.2) is 4.79 Å². The van der Waals surface area contributed by atoms with Crippen LogP contribution < -0.4 is 11.1 Å². The van der Waals surface area contributed by atoms with Gasteiger partial charge in [-0.3, -0.25) is 9.59 Å². The highest BCUT2D eigenvalue weighted by atomic mass is 35.5. The second-order valence-electron chi connectivity index (χ2n) is 8.67. The summed E-state index contributed by atoms with van der Waals surface area (Å²) in [6.07, 6.45) is 5.94. The Morgan fingerprint density at radius 1 is 0.931 bits per heavy atom. The van der Waals surface area contributed by atoms with Crippen LogP contribution in [0.1, 0.15) is 72.1 Å². The van der Waals surface area contributed by atoms with Crippen molar-refractivity contribution in [3.63, 3.8) is 0 Å². The van der Waals surface area contributed by atoms with Gasteiger partial charge in [-0.05, 0) is 72.1 Å². The fourth-order valence-electron chi connectivity index (χ4n) is 3.48. The molecule has 9 heteroatoms. The predicted molar refractivity (Wildman–Crippen MR) is 112 cm³/mol. The summed E-state index contributed by atoms with van der Waals surface area (Å²) in [4.78, 5) is 33.3. The number of hydrogen-bond donors (Lipinski definition) is 3. The summed E-state index contributed by atoms with van der Waals surface area (Å²) in [7, 11) is 1.44. The van der Waals surface area contributed by atoms with Crippen LogP contribution in [0, 0.1) is 11.8 Å². The Bertz CT molecular complexity index is 522. The smallest absolute Gasteiger partial charge is 0.407 e. The van der Waals surface area contributed by atoms with Crippen molar-refractivity contribution in [3.05, 3.63) is 0 Å². The van der Waals surface area contributed by atoms with E-state index in [2.05, 4.69) is 10.1 Å². The highest BCUT2D eigenvalue weighted by Gasteiger charge is 2.28. The largest absolute Gasteiger partial charge is 0.481 e. The lowest BCUT2D eigenvalue weighted by Crippen LogP contribution is -2.41. The topological polar surface area (TPSA) is 128 Å². The van der Waals surface area contributed by atoms with Crippen LogP contribution in [0.25, 0.3) is 0 Å². The summed E-state index contributed by atoms with van der Waals surface area (Å²) < 4.78 is 9.79. The molecule has 0 aromatic carbocycles. The lowest BCUT2D eigenvalue weighted by molar-refractivity contribution is -0.146. The number of esters is 1. The van der Waals surface area contributed by atoms with E-state index < -0.39 is 17.7 Å². The van der Waals surface area contributed by atoms with Crippen LogP contribution in [0.4, 0.5) is 4.79 Å². The van der Waals surface area contributed by atoms with Crippen molar-refractivity contribution < 1.29 is 29.0 Å². The van der Waals surface area contributed by atoms with Crippen molar-refractivity contribution in [2.24, 2.45) is 17.6 Å². The zero-order valence-corrected chi connectivity index (χ0v) is 18.8. The monoisotopic (exact) mass is 436 g/mol. The molecule has 2 fully saturated rings. The Balaban J connectivity index is 0.000000568. The normalized spacial score (nSPS) is 26.7. The first-order valence-electron chi connectivity index (χ1n) is 10.1. The molecule has 170 valence electrons. The fourth-order valence-corrected chi connectivity index (χ4v) is 3.48. The van der Waals surface area contributed by atoms with Crippen LogP contribution in [-0.2, 0) is 19.1 Å². The maximum atomic E-state index is 11.5. The minimum atomic E-state index is -0.735. The number of carboxylic acids is 1. The Morgan fingerprint density at radius 3 is 1.83 bits per heavy atom. The Labute approximate surface area is 179 Å². The van der Waals surface area contributed by atoms with Crippen molar-refractivity contribution in [1.82, 2.24) is 5.32 Å². The standard InChI is InChI=1S/C12H21NO4.C8H15NO2.ClH/c1-12(2,3)17-11(16)13-9-6-4-8(5-7-9)10(14)15;1-11-8(10)6-2-4-7(9)5-3-6;/h8-9H,4-7H2,1-3H3,(H,13,16)(H,14,15);6-7H,2-5,9H2,1H3;1H. The van der Waals surface area contributed by atoms with Gasteiger partial charge in [-0.2, -0.15) is 0 Å². The Morgan fingerprint density at radius 2 is 1.41 bits per heavy atom. The van der Waals surface area contributed by atoms with Gasteiger partial charge in [0.15, 0.2) is 0 Å². The lowest BCUT2D eigenvalue weighted by Gasteiger charge is -2.28. The van der Waals surface area contributed by atoms with E-state index in [1.54, 1.807) is 0 Å². The van der Waals surface area contributed by atoms with E-state index in [1.165, 1.54) is 7.11 Å². The van der Waals surface area contributed by atoms with Crippen LogP contribution >= 0.6 is 12.4 Å². The van der Waals surface area contributed by atoms with E-state index >= 15 is 0 Å². The molecular weight excluding hydrogens is 400 g/mol. The molecule has 2 saturated carbocycles. The van der Waals surface area contributed by atoms with Crippen LogP contribution in [0.2, 0.25) is 0 Å². The summed E-state index contributed by atoms with van der Waals surface area (Å²) in [5.74, 6) is -0.955. The average Bonchev–Trinajstić information content (AvgIpc) is 2.61. The summed E-state index contributed by atoms with van der Waals surface area (Å²) in [6.45, 7) is 5.44. The number of alkyl carbamates (subject to hydrolysis) is 1. The number of methoxy groups -OCH3 is 1. The van der Waals surface area contributed by atoms with Gasteiger partial charge in [0.05, 0.1) is 18.9 Å². The van der Waals surface area contributed by atoms with E-state index in [4.69, 9.17) is 15.6 Å². The molecular formula is C20H37ClN2O6. The quantitative estimate of drug-likeness (QED) is 0.579. The summed E-state index contributed by atoms with van der Waals surface area (Å²) in [5.41, 5.74) is 5.19. The third-order valence-corrected chi connectivity index (χ3v) is 5.10. The molecule has 0 aromatic heterocycles. The molecule has 0 unspecified atom stereocenters. The maximum Gasteiger partial charge on any atom is 0.407 e. The van der Waals surface area contributed by atoms with Gasteiger partial charge < -0.3 is 25.6 Å². The number of carboxylic acid groups (broad SMARTS) is 1. The molecule has 0 atom stereocenters. The van der Waals surface area contributed by atoms with Crippen molar-refractivity contribution in [2.75, 3.05) is 7.11 Å². The number of ether oxygens (including phenoxy) is 2. The number of nitrogens with two attached hydrogens (primary N) is 1. The molecule has 0 radical (unpaired) electrons. The summed E-state index contributed by atoms with van der Waals surface area (Å²) in [5, 5.41) is 11.6. The van der Waals surface area contributed by atoms with Crippen LogP contribution in [-0.4, -0.2) is 47.9 Å². The number of halogens is 1. The maximum absolute atomic E-state index is 11.5.